The van der Waals surface area contributed by atoms with Crippen LogP contribution in [-0.4, -0.2) is 6.68 Å². The molecule has 1 rings (SSSR count). The molecule has 0 aliphatic heterocycles. The summed E-state index contributed by atoms with van der Waals surface area (Å²) in [5, 5.41) is 0. The fraction of sp³-hybridized carbons (Fsp3) is 1.00. The second kappa shape index (κ2) is 12.5. The summed E-state index contributed by atoms with van der Waals surface area (Å²) in [7, 11) is 0. The summed E-state index contributed by atoms with van der Waals surface area (Å²) < 4.78 is 29.0. The molecule has 13 heavy (non-hydrogen) atoms. The van der Waals surface area contributed by atoms with E-state index >= 15 is 0 Å². The number of rotatable bonds is 0. The molecule has 0 aromatic carbocycles. The molecule has 0 spiro atoms. The van der Waals surface area contributed by atoms with Gasteiger partial charge in [-0.3, -0.25) is 0 Å². The molecule has 0 radical (unpaired) electrons. The first-order valence-corrected chi connectivity index (χ1v) is 4.65. The number of hydrogen-bond acceptors (Lipinski definition) is 0. The average molecular weight is 377 g/mol. The summed E-state index contributed by atoms with van der Waals surface area (Å²) in [6, 6.07) is 0. The summed E-state index contributed by atoms with van der Waals surface area (Å²) in [6.07, 6.45) is 12.0. The van der Waals surface area contributed by atoms with Crippen LogP contribution in [-0.2, 0) is 21.1 Å². The molecule has 0 N–H and O–H groups in total. The molecule has 0 unspecified atom stereocenters. The second-order valence-corrected chi connectivity index (χ2v) is 3.08. The molecular formula is C9H17F3Pt. The van der Waals surface area contributed by atoms with Crippen molar-refractivity contribution in [1.82, 2.24) is 0 Å². The van der Waals surface area contributed by atoms with Gasteiger partial charge in [0.15, 0.2) is 0 Å². The maximum atomic E-state index is 9.67. The largest absolute Gasteiger partial charge is 0.379 e. The van der Waals surface area contributed by atoms with Crippen molar-refractivity contribution in [2.45, 2.75) is 58.0 Å². The zero-order valence-corrected chi connectivity index (χ0v) is 9.96. The molecule has 0 atom stereocenters. The van der Waals surface area contributed by atoms with Crippen LogP contribution in [0.3, 0.4) is 0 Å². The topological polar surface area (TPSA) is 0 Å². The summed E-state index contributed by atoms with van der Waals surface area (Å²) in [6.45, 7) is -3.67. The molecule has 1 fully saturated rings. The summed E-state index contributed by atoms with van der Waals surface area (Å²) in [5.41, 5.74) is 0. The van der Waals surface area contributed by atoms with Gasteiger partial charge in [0.2, 0.25) is 0 Å². The molecule has 4 heteroatoms. The Morgan fingerprint density at radius 2 is 0.615 bits per heavy atom. The van der Waals surface area contributed by atoms with Crippen molar-refractivity contribution in [1.29, 1.82) is 0 Å². The van der Waals surface area contributed by atoms with E-state index < -0.39 is 6.68 Å². The van der Waals surface area contributed by atoms with Gasteiger partial charge in [-0.1, -0.05) is 51.4 Å². The SMILES string of the molecule is C1CCCCCCC1.FC(F)F.[Pt]. The molecule has 0 saturated heterocycles. The standard InChI is InChI=1S/C8H16.CHF3.Pt/c1-2-4-6-8-7-5-3-1;2-1(3)4;/h1-8H2;1H;. The van der Waals surface area contributed by atoms with Crippen LogP contribution in [0.1, 0.15) is 51.4 Å². The predicted octanol–water partition coefficient (Wildman–Crippen LogP) is 4.30. The van der Waals surface area contributed by atoms with Gasteiger partial charge >= 0.3 is 6.68 Å². The van der Waals surface area contributed by atoms with E-state index in [0.717, 1.165) is 0 Å². The van der Waals surface area contributed by atoms with Crippen molar-refractivity contribution in [2.75, 3.05) is 0 Å². The molecule has 1 aliphatic rings. The van der Waals surface area contributed by atoms with E-state index in [1.165, 1.54) is 51.4 Å². The first-order valence-electron chi connectivity index (χ1n) is 4.65. The third-order valence-electron chi connectivity index (χ3n) is 2.00. The smallest absolute Gasteiger partial charge is 0.174 e. The van der Waals surface area contributed by atoms with Crippen LogP contribution < -0.4 is 0 Å². The first kappa shape index (κ1) is 15.9. The van der Waals surface area contributed by atoms with Crippen LogP contribution in [0.5, 0.6) is 0 Å². The number of hydrogen-bond donors (Lipinski definition) is 0. The molecule has 0 aromatic heterocycles. The summed E-state index contributed by atoms with van der Waals surface area (Å²) in [5.74, 6) is 0. The molecule has 0 heterocycles. The summed E-state index contributed by atoms with van der Waals surface area (Å²) >= 11 is 0. The first-order chi connectivity index (χ1) is 5.73. The van der Waals surface area contributed by atoms with Crippen molar-refractivity contribution < 1.29 is 34.2 Å². The van der Waals surface area contributed by atoms with E-state index in [1.54, 1.807) is 0 Å². The van der Waals surface area contributed by atoms with Gasteiger partial charge in [-0.15, -0.1) is 0 Å². The Bertz CT molecular complexity index is 62.2. The van der Waals surface area contributed by atoms with Crippen LogP contribution in [0.2, 0.25) is 0 Å². The van der Waals surface area contributed by atoms with Gasteiger partial charge in [0.05, 0.1) is 0 Å². The van der Waals surface area contributed by atoms with Crippen LogP contribution in [0.15, 0.2) is 0 Å². The average Bonchev–Trinajstić information content (AvgIpc) is 1.82. The van der Waals surface area contributed by atoms with Crippen LogP contribution in [0.4, 0.5) is 13.2 Å². The zero-order valence-electron chi connectivity index (χ0n) is 7.68. The third-order valence-corrected chi connectivity index (χ3v) is 2.00. The quantitative estimate of drug-likeness (QED) is 0.591. The maximum absolute atomic E-state index is 9.67. The number of alkyl halides is 3. The van der Waals surface area contributed by atoms with Gasteiger partial charge in [0.25, 0.3) is 0 Å². The minimum atomic E-state index is -3.67. The van der Waals surface area contributed by atoms with Gasteiger partial charge in [0.1, 0.15) is 0 Å². The molecule has 0 amide bonds. The minimum Gasteiger partial charge on any atom is -0.174 e. The Kier molecular flexibility index (Phi) is 15.3. The Morgan fingerprint density at radius 1 is 0.538 bits per heavy atom. The van der Waals surface area contributed by atoms with Crippen LogP contribution >= 0.6 is 0 Å². The molecule has 84 valence electrons. The molecule has 0 aromatic rings. The van der Waals surface area contributed by atoms with Crippen molar-refractivity contribution in [2.24, 2.45) is 0 Å². The molecule has 1 saturated carbocycles. The molecule has 0 nitrogen and oxygen atoms in total. The molecule has 0 bridgehead atoms. The van der Waals surface area contributed by atoms with E-state index in [0.29, 0.717) is 0 Å². The van der Waals surface area contributed by atoms with Crippen molar-refractivity contribution >= 4 is 0 Å². The predicted molar refractivity (Wildman–Crippen MR) is 44.0 cm³/mol. The van der Waals surface area contributed by atoms with Crippen molar-refractivity contribution in [3.63, 3.8) is 0 Å². The van der Waals surface area contributed by atoms with E-state index in [1.807, 2.05) is 0 Å². The maximum Gasteiger partial charge on any atom is 0.379 e. The Balaban J connectivity index is 0. The Hall–Kier alpha value is 0.478. The Morgan fingerprint density at radius 3 is 0.692 bits per heavy atom. The number of halogens is 3. The van der Waals surface area contributed by atoms with Crippen LogP contribution in [0.25, 0.3) is 0 Å². The third kappa shape index (κ3) is 19.1. The van der Waals surface area contributed by atoms with Crippen molar-refractivity contribution in [3.05, 3.63) is 0 Å². The fourth-order valence-corrected chi connectivity index (χ4v) is 1.41. The monoisotopic (exact) mass is 377 g/mol. The van der Waals surface area contributed by atoms with Gasteiger partial charge in [-0.25, -0.2) is 0 Å². The van der Waals surface area contributed by atoms with Gasteiger partial charge in [0, 0.05) is 21.1 Å². The normalized spacial score (nSPS) is 17.5. The van der Waals surface area contributed by atoms with Crippen LogP contribution in [0, 0.1) is 0 Å². The zero-order chi connectivity index (χ0) is 9.23. The second-order valence-electron chi connectivity index (χ2n) is 3.08. The summed E-state index contributed by atoms with van der Waals surface area (Å²) in [4.78, 5) is 0. The van der Waals surface area contributed by atoms with E-state index in [9.17, 15) is 13.2 Å². The Labute approximate surface area is 92.5 Å². The van der Waals surface area contributed by atoms with E-state index in [4.69, 9.17) is 0 Å². The van der Waals surface area contributed by atoms with Gasteiger partial charge in [-0.05, 0) is 0 Å². The van der Waals surface area contributed by atoms with E-state index in [-0.39, 0.29) is 21.1 Å². The van der Waals surface area contributed by atoms with Crippen molar-refractivity contribution in [3.8, 4) is 0 Å². The fourth-order valence-electron chi connectivity index (χ4n) is 1.41. The molecule has 1 aliphatic carbocycles. The van der Waals surface area contributed by atoms with E-state index in [2.05, 4.69) is 0 Å². The van der Waals surface area contributed by atoms with Gasteiger partial charge < -0.3 is 0 Å². The van der Waals surface area contributed by atoms with Gasteiger partial charge in [-0.2, -0.15) is 13.2 Å². The minimum absolute atomic E-state index is 0. The molecular weight excluding hydrogens is 360 g/mol.